The van der Waals surface area contributed by atoms with Crippen molar-refractivity contribution >= 4 is 5.91 Å². The van der Waals surface area contributed by atoms with Crippen LogP contribution in [0.25, 0.3) is 11.6 Å². The monoisotopic (exact) mass is 351 g/mol. The number of nitrogens with zero attached hydrogens (tertiary/aromatic N) is 3. The fourth-order valence-corrected chi connectivity index (χ4v) is 3.56. The van der Waals surface area contributed by atoms with E-state index in [4.69, 9.17) is 8.94 Å². The molecule has 6 heteroatoms. The number of hydrogen-bond acceptors (Lipinski definition) is 5. The molecule has 3 aromatic rings. The molecule has 26 heavy (non-hydrogen) atoms. The van der Waals surface area contributed by atoms with E-state index in [2.05, 4.69) is 28.3 Å². The van der Waals surface area contributed by atoms with Crippen LogP contribution < -0.4 is 0 Å². The molecule has 1 aliphatic carbocycles. The van der Waals surface area contributed by atoms with E-state index >= 15 is 0 Å². The molecule has 0 aliphatic heterocycles. The normalized spacial score (nSPS) is 16.3. The van der Waals surface area contributed by atoms with Crippen LogP contribution in [0, 0.1) is 0 Å². The topological polar surface area (TPSA) is 72.4 Å². The van der Waals surface area contributed by atoms with Crippen LogP contribution in [0.4, 0.5) is 0 Å². The molecular weight excluding hydrogens is 330 g/mol. The third kappa shape index (κ3) is 3.27. The average molecular weight is 351 g/mol. The van der Waals surface area contributed by atoms with Crippen LogP contribution in [0.2, 0.25) is 0 Å². The van der Waals surface area contributed by atoms with Gasteiger partial charge in [-0.1, -0.05) is 29.4 Å². The van der Waals surface area contributed by atoms with Gasteiger partial charge in [0.15, 0.2) is 5.76 Å². The number of rotatable bonds is 5. The molecule has 0 spiro atoms. The van der Waals surface area contributed by atoms with Crippen molar-refractivity contribution in [2.45, 2.75) is 38.1 Å². The minimum atomic E-state index is 0.0875. The summed E-state index contributed by atoms with van der Waals surface area (Å²) in [6, 6.07) is 12.1. The van der Waals surface area contributed by atoms with Crippen LogP contribution in [-0.2, 0) is 17.6 Å². The molecule has 1 aliphatic rings. The Bertz CT molecular complexity index is 885. The molecule has 0 radical (unpaired) electrons. The Morgan fingerprint density at radius 2 is 2.15 bits per heavy atom. The molecule has 2 heterocycles. The Hall–Kier alpha value is -2.89. The second-order valence-electron chi connectivity index (χ2n) is 6.60. The summed E-state index contributed by atoms with van der Waals surface area (Å²) >= 11 is 0. The molecule has 1 aromatic carbocycles. The van der Waals surface area contributed by atoms with Gasteiger partial charge in [-0.25, -0.2) is 0 Å². The Morgan fingerprint density at radius 1 is 1.27 bits per heavy atom. The Kier molecular flexibility index (Phi) is 4.56. The van der Waals surface area contributed by atoms with Gasteiger partial charge in [0.25, 0.3) is 0 Å². The first-order valence-electron chi connectivity index (χ1n) is 8.92. The van der Waals surface area contributed by atoms with Crippen molar-refractivity contribution < 1.29 is 13.7 Å². The lowest BCUT2D eigenvalue weighted by Gasteiger charge is -2.33. The van der Waals surface area contributed by atoms with Crippen molar-refractivity contribution in [3.63, 3.8) is 0 Å². The molecule has 0 bridgehead atoms. The summed E-state index contributed by atoms with van der Waals surface area (Å²) in [5.74, 6) is 1.50. The lowest BCUT2D eigenvalue weighted by atomic mass is 9.87. The molecule has 4 rings (SSSR count). The van der Waals surface area contributed by atoms with Gasteiger partial charge in [0, 0.05) is 19.9 Å². The Balaban J connectivity index is 1.40. The number of aromatic nitrogens is 2. The van der Waals surface area contributed by atoms with Gasteiger partial charge in [-0.05, 0) is 42.5 Å². The largest absolute Gasteiger partial charge is 0.461 e. The Morgan fingerprint density at radius 3 is 3.00 bits per heavy atom. The van der Waals surface area contributed by atoms with Crippen LogP contribution in [0.1, 0.15) is 42.3 Å². The number of aryl methyl sites for hydroxylation is 2. The van der Waals surface area contributed by atoms with Crippen LogP contribution in [0.15, 0.2) is 51.6 Å². The van der Waals surface area contributed by atoms with Crippen molar-refractivity contribution in [3.05, 3.63) is 59.7 Å². The molecule has 134 valence electrons. The van der Waals surface area contributed by atoms with Crippen LogP contribution >= 0.6 is 0 Å². The first-order chi connectivity index (χ1) is 12.7. The number of furan rings is 1. The van der Waals surface area contributed by atoms with Gasteiger partial charge in [0.2, 0.25) is 17.6 Å². The predicted molar refractivity (Wildman–Crippen MR) is 95.2 cm³/mol. The van der Waals surface area contributed by atoms with Crippen LogP contribution in [0.3, 0.4) is 0 Å². The van der Waals surface area contributed by atoms with Gasteiger partial charge in [0.05, 0.1) is 12.3 Å². The highest BCUT2D eigenvalue weighted by Gasteiger charge is 2.26. The third-order valence-corrected chi connectivity index (χ3v) is 4.96. The lowest BCUT2D eigenvalue weighted by Crippen LogP contribution is -2.33. The van der Waals surface area contributed by atoms with Gasteiger partial charge in [0.1, 0.15) is 0 Å². The fourth-order valence-electron chi connectivity index (χ4n) is 3.56. The molecule has 0 N–H and O–H groups in total. The molecule has 0 saturated heterocycles. The number of carbonyl (C=O) groups excluding carboxylic acids is 1. The van der Waals surface area contributed by atoms with Gasteiger partial charge in [-0.15, -0.1) is 0 Å². The van der Waals surface area contributed by atoms with Crippen LogP contribution in [0.5, 0.6) is 0 Å². The van der Waals surface area contributed by atoms with E-state index in [0.717, 1.165) is 19.3 Å². The maximum Gasteiger partial charge on any atom is 0.238 e. The van der Waals surface area contributed by atoms with Crippen molar-refractivity contribution in [1.82, 2.24) is 15.0 Å². The second kappa shape index (κ2) is 7.15. The SMILES string of the molecule is CN(C(=O)CCc1nc(-c2ccco2)no1)C1CCCc2ccccc21. The second-order valence-corrected chi connectivity index (χ2v) is 6.60. The maximum atomic E-state index is 12.7. The van der Waals surface area contributed by atoms with Crippen molar-refractivity contribution in [1.29, 1.82) is 0 Å². The minimum Gasteiger partial charge on any atom is -0.461 e. The molecule has 6 nitrogen and oxygen atoms in total. The van der Waals surface area contributed by atoms with E-state index in [1.807, 2.05) is 18.0 Å². The maximum absolute atomic E-state index is 12.7. The molecule has 1 amide bonds. The summed E-state index contributed by atoms with van der Waals surface area (Å²) < 4.78 is 10.5. The molecular formula is C20H21N3O3. The number of benzene rings is 1. The predicted octanol–water partition coefficient (Wildman–Crippen LogP) is 3.80. The highest BCUT2D eigenvalue weighted by Crippen LogP contribution is 2.33. The Labute approximate surface area is 151 Å². The number of fused-ring (bicyclic) bond motifs is 1. The van der Waals surface area contributed by atoms with E-state index in [1.165, 1.54) is 11.1 Å². The number of amides is 1. The van der Waals surface area contributed by atoms with E-state index in [0.29, 0.717) is 30.3 Å². The smallest absolute Gasteiger partial charge is 0.238 e. The summed E-state index contributed by atoms with van der Waals surface area (Å²) in [6.07, 6.45) is 5.52. The first kappa shape index (κ1) is 16.6. The van der Waals surface area contributed by atoms with E-state index < -0.39 is 0 Å². The van der Waals surface area contributed by atoms with E-state index in [9.17, 15) is 4.79 Å². The summed E-state index contributed by atoms with van der Waals surface area (Å²) in [6.45, 7) is 0. The van der Waals surface area contributed by atoms with E-state index in [-0.39, 0.29) is 11.9 Å². The fraction of sp³-hybridized carbons (Fsp3) is 0.350. The zero-order chi connectivity index (χ0) is 17.9. The van der Waals surface area contributed by atoms with E-state index in [1.54, 1.807) is 18.4 Å². The van der Waals surface area contributed by atoms with Gasteiger partial charge < -0.3 is 13.8 Å². The summed E-state index contributed by atoms with van der Waals surface area (Å²) in [7, 11) is 1.89. The van der Waals surface area contributed by atoms with Crippen molar-refractivity contribution in [2.75, 3.05) is 7.05 Å². The summed E-state index contributed by atoms with van der Waals surface area (Å²) in [4.78, 5) is 18.8. The highest BCUT2D eigenvalue weighted by molar-refractivity contribution is 5.76. The summed E-state index contributed by atoms with van der Waals surface area (Å²) in [5.41, 5.74) is 2.62. The zero-order valence-electron chi connectivity index (χ0n) is 14.7. The highest BCUT2D eigenvalue weighted by atomic mass is 16.5. The van der Waals surface area contributed by atoms with Gasteiger partial charge in [-0.3, -0.25) is 4.79 Å². The van der Waals surface area contributed by atoms with Crippen molar-refractivity contribution in [2.24, 2.45) is 0 Å². The first-order valence-corrected chi connectivity index (χ1v) is 8.92. The van der Waals surface area contributed by atoms with Crippen molar-refractivity contribution in [3.8, 4) is 11.6 Å². The third-order valence-electron chi connectivity index (χ3n) is 4.96. The number of carbonyl (C=O) groups is 1. The van der Waals surface area contributed by atoms with Gasteiger partial charge in [-0.2, -0.15) is 4.98 Å². The molecule has 0 fully saturated rings. The molecule has 1 atom stereocenters. The minimum absolute atomic E-state index is 0.0875. The molecule has 2 aromatic heterocycles. The average Bonchev–Trinajstić information content (AvgIpc) is 3.36. The molecule has 1 unspecified atom stereocenters. The zero-order valence-corrected chi connectivity index (χ0v) is 14.7. The lowest BCUT2D eigenvalue weighted by molar-refractivity contribution is -0.132. The quantitative estimate of drug-likeness (QED) is 0.699. The molecule has 0 saturated carbocycles. The summed E-state index contributed by atoms with van der Waals surface area (Å²) in [5, 5.41) is 3.90. The standard InChI is InChI=1S/C20H21N3O3/c1-23(16-9-4-7-14-6-2-3-8-15(14)16)19(24)12-11-18-21-20(22-26-18)17-10-5-13-25-17/h2-3,5-6,8,10,13,16H,4,7,9,11-12H2,1H3. The van der Waals surface area contributed by atoms with Crippen LogP contribution in [-0.4, -0.2) is 28.0 Å². The van der Waals surface area contributed by atoms with Gasteiger partial charge >= 0.3 is 0 Å². The number of hydrogen-bond donors (Lipinski definition) is 0.